The molecule has 0 bridgehead atoms. The quantitative estimate of drug-likeness (QED) is 0.130. The van der Waals surface area contributed by atoms with Crippen LogP contribution in [0.4, 0.5) is 0 Å². The van der Waals surface area contributed by atoms with Crippen LogP contribution in [0.1, 0.15) is 39.4 Å². The number of hydrogen-bond acceptors (Lipinski definition) is 2. The van der Waals surface area contributed by atoms with E-state index in [0.29, 0.717) is 12.1 Å². The van der Waals surface area contributed by atoms with Gasteiger partial charge in [-0.2, -0.15) is 0 Å². The molecular weight excluding hydrogens is 717 g/mol. The largest absolute Gasteiger partial charge is 0.672 e. The molecule has 0 aliphatic carbocycles. The Kier molecular flexibility index (Phi) is 12.1. The topological polar surface area (TPSA) is 54.0 Å². The minimum absolute atomic E-state index is 0. The van der Waals surface area contributed by atoms with E-state index in [1.54, 1.807) is 0 Å². The van der Waals surface area contributed by atoms with Gasteiger partial charge in [-0.15, -0.1) is 82.2 Å². The van der Waals surface area contributed by atoms with Crippen molar-refractivity contribution in [2.75, 3.05) is 0 Å². The molecule has 5 aromatic carbocycles. The molecular formula is C39H36IrN4-4. The summed E-state index contributed by atoms with van der Waals surface area (Å²) in [6.45, 7) is 8.36. The molecule has 7 rings (SSSR count). The van der Waals surface area contributed by atoms with E-state index < -0.39 is 0 Å². The molecule has 5 heteroatoms. The van der Waals surface area contributed by atoms with Crippen LogP contribution in [-0.4, -0.2) is 22.1 Å². The molecule has 7 aromatic rings. The van der Waals surface area contributed by atoms with Gasteiger partial charge in [-0.1, -0.05) is 100.0 Å². The third kappa shape index (κ3) is 8.56. The Morgan fingerprint density at radius 1 is 0.500 bits per heavy atom. The average Bonchev–Trinajstić information content (AvgIpc) is 3.05. The van der Waals surface area contributed by atoms with Gasteiger partial charge < -0.3 is 20.6 Å². The summed E-state index contributed by atoms with van der Waals surface area (Å²) >= 11 is 0. The van der Waals surface area contributed by atoms with Crippen molar-refractivity contribution in [3.8, 4) is 0 Å². The molecule has 2 heterocycles. The first-order valence-electron chi connectivity index (χ1n) is 14.7. The van der Waals surface area contributed by atoms with E-state index in [0.717, 1.165) is 21.8 Å². The van der Waals surface area contributed by atoms with Gasteiger partial charge in [-0.05, 0) is 33.9 Å². The standard InChI is InChI=1S/C13H20N2.2C13H8N.Ir/c1-10(2)14-13(15-11(3)4)12-8-6-5-7-9-12;2*1-2-6-12-10(4-1)7-8-11-5-3-9-14-13(11)12;/h5-11,13H,1-4H3;2*1-5,7-9H;/q-2;2*-1;. The summed E-state index contributed by atoms with van der Waals surface area (Å²) in [6, 6.07) is 45.8. The zero-order valence-electron chi connectivity index (χ0n) is 25.5. The molecule has 0 spiro atoms. The molecule has 0 unspecified atom stereocenters. The van der Waals surface area contributed by atoms with Crippen molar-refractivity contribution in [3.63, 3.8) is 0 Å². The van der Waals surface area contributed by atoms with Crippen molar-refractivity contribution < 1.29 is 20.1 Å². The van der Waals surface area contributed by atoms with Gasteiger partial charge in [-0.25, -0.2) is 6.17 Å². The maximum atomic E-state index is 4.62. The summed E-state index contributed by atoms with van der Waals surface area (Å²) in [5, 5.41) is 16.2. The third-order valence-electron chi connectivity index (χ3n) is 6.79. The predicted molar refractivity (Wildman–Crippen MR) is 182 cm³/mol. The second-order valence-electron chi connectivity index (χ2n) is 10.8. The van der Waals surface area contributed by atoms with Crippen molar-refractivity contribution in [1.82, 2.24) is 9.97 Å². The normalized spacial score (nSPS) is 10.9. The summed E-state index contributed by atoms with van der Waals surface area (Å²) in [7, 11) is 0. The number of benzene rings is 5. The minimum Gasteiger partial charge on any atom is -0.672 e. The smallest absolute Gasteiger partial charge is 0.0161 e. The second kappa shape index (κ2) is 16.2. The Hall–Kier alpha value is -3.99. The predicted octanol–water partition coefficient (Wildman–Crippen LogP) is 10.6. The van der Waals surface area contributed by atoms with Crippen LogP contribution in [0.25, 0.3) is 54.0 Å². The summed E-state index contributed by atoms with van der Waals surface area (Å²) < 4.78 is 0. The van der Waals surface area contributed by atoms with Gasteiger partial charge in [0.05, 0.1) is 0 Å². The number of pyridine rings is 2. The molecule has 0 atom stereocenters. The minimum atomic E-state index is -0.00815. The van der Waals surface area contributed by atoms with E-state index in [2.05, 4.69) is 121 Å². The zero-order valence-corrected chi connectivity index (χ0v) is 27.9. The number of aromatic nitrogens is 2. The molecule has 1 radical (unpaired) electrons. The molecule has 0 saturated heterocycles. The van der Waals surface area contributed by atoms with Crippen molar-refractivity contribution in [2.24, 2.45) is 0 Å². The first-order chi connectivity index (χ1) is 21.0. The summed E-state index contributed by atoms with van der Waals surface area (Å²) in [4.78, 5) is 8.76. The van der Waals surface area contributed by atoms with Gasteiger partial charge in [0, 0.05) is 32.5 Å². The molecule has 4 nitrogen and oxygen atoms in total. The fraction of sp³-hybridized carbons (Fsp3) is 0.179. The number of nitrogens with zero attached hydrogens (tertiary/aromatic N) is 4. The maximum absolute atomic E-state index is 4.62. The van der Waals surface area contributed by atoms with E-state index >= 15 is 0 Å². The van der Waals surface area contributed by atoms with Crippen LogP contribution in [0.2, 0.25) is 0 Å². The van der Waals surface area contributed by atoms with Gasteiger partial charge in [0.25, 0.3) is 0 Å². The van der Waals surface area contributed by atoms with Crippen LogP contribution in [0.3, 0.4) is 0 Å². The van der Waals surface area contributed by atoms with Crippen LogP contribution in [-0.2, 0) is 20.1 Å². The van der Waals surface area contributed by atoms with Gasteiger partial charge in [0.15, 0.2) is 0 Å². The molecule has 44 heavy (non-hydrogen) atoms. The van der Waals surface area contributed by atoms with Crippen molar-refractivity contribution in [1.29, 1.82) is 0 Å². The van der Waals surface area contributed by atoms with Gasteiger partial charge in [-0.3, -0.25) is 0 Å². The molecule has 0 N–H and O–H groups in total. The van der Waals surface area contributed by atoms with Gasteiger partial charge in [0.2, 0.25) is 0 Å². The van der Waals surface area contributed by atoms with E-state index in [1.807, 2.05) is 67.0 Å². The van der Waals surface area contributed by atoms with Crippen LogP contribution in [0, 0.1) is 12.1 Å². The van der Waals surface area contributed by atoms with E-state index in [-0.39, 0.29) is 26.3 Å². The van der Waals surface area contributed by atoms with Gasteiger partial charge in [0.1, 0.15) is 0 Å². The van der Waals surface area contributed by atoms with E-state index in [9.17, 15) is 0 Å². The van der Waals surface area contributed by atoms with Crippen molar-refractivity contribution >= 4 is 43.4 Å². The fourth-order valence-corrected chi connectivity index (χ4v) is 4.87. The third-order valence-corrected chi connectivity index (χ3v) is 6.79. The zero-order chi connectivity index (χ0) is 30.0. The molecule has 0 saturated carbocycles. The molecule has 0 aliphatic heterocycles. The number of hydrogen-bond donors (Lipinski definition) is 0. The Balaban J connectivity index is 0.000000149. The molecule has 225 valence electrons. The Morgan fingerprint density at radius 3 is 1.39 bits per heavy atom. The monoisotopic (exact) mass is 753 g/mol. The Morgan fingerprint density at radius 2 is 0.932 bits per heavy atom. The molecule has 0 aliphatic rings. The van der Waals surface area contributed by atoms with E-state index in [1.165, 1.54) is 27.1 Å². The van der Waals surface area contributed by atoms with Crippen LogP contribution < -0.4 is 0 Å². The van der Waals surface area contributed by atoms with E-state index in [4.69, 9.17) is 0 Å². The summed E-state index contributed by atoms with van der Waals surface area (Å²) in [5.74, 6) is 0. The molecule has 0 amide bonds. The Bertz CT molecular complexity index is 1670. The summed E-state index contributed by atoms with van der Waals surface area (Å²) in [6.07, 6.45) is 3.64. The average molecular weight is 753 g/mol. The maximum Gasteiger partial charge on any atom is 0.0161 e. The van der Waals surface area contributed by atoms with Crippen LogP contribution >= 0.6 is 0 Å². The van der Waals surface area contributed by atoms with Crippen LogP contribution in [0.5, 0.6) is 0 Å². The molecule has 0 fully saturated rings. The van der Waals surface area contributed by atoms with Crippen molar-refractivity contribution in [2.45, 2.75) is 45.9 Å². The van der Waals surface area contributed by atoms with Crippen molar-refractivity contribution in [3.05, 3.63) is 156 Å². The molecule has 2 aromatic heterocycles. The second-order valence-corrected chi connectivity index (χ2v) is 10.8. The fourth-order valence-electron chi connectivity index (χ4n) is 4.87. The number of fused-ring (bicyclic) bond motifs is 6. The number of rotatable bonds is 5. The van der Waals surface area contributed by atoms with Crippen LogP contribution in [0.15, 0.2) is 128 Å². The SMILES string of the molecule is CC(C)[N-]C([N-]C(C)C)c1ccccc1.[Ir].[c-]1cccc2ccc3cccnc3c12.[c-]1cccc2ccc3cccnc3c12. The Labute approximate surface area is 274 Å². The first kappa shape index (κ1) is 32.9. The van der Waals surface area contributed by atoms with Gasteiger partial charge >= 0.3 is 0 Å². The first-order valence-corrected chi connectivity index (χ1v) is 14.7. The summed E-state index contributed by atoms with van der Waals surface area (Å²) in [5.41, 5.74) is 3.25.